The molecule has 26 heavy (non-hydrogen) atoms. The molecule has 0 bridgehead atoms. The molecule has 1 aliphatic rings. The van der Waals surface area contributed by atoms with Crippen LogP contribution in [0.2, 0.25) is 0 Å². The summed E-state index contributed by atoms with van der Waals surface area (Å²) in [5.41, 5.74) is -3.66. The summed E-state index contributed by atoms with van der Waals surface area (Å²) in [5.74, 6) is -2.46. The molecule has 0 saturated heterocycles. The Labute approximate surface area is 149 Å². The molecular formula is C17H19F3O5S. The molecule has 0 heterocycles. The van der Waals surface area contributed by atoms with Crippen LogP contribution in [0.1, 0.15) is 38.2 Å². The fraction of sp³-hybridized carbons (Fsp3) is 0.412. The number of allylic oxidation sites excluding steroid dienone is 3. The zero-order valence-electron chi connectivity index (χ0n) is 14.2. The van der Waals surface area contributed by atoms with Gasteiger partial charge in [0.25, 0.3) is 0 Å². The number of rotatable bonds is 4. The monoisotopic (exact) mass is 392 g/mol. The van der Waals surface area contributed by atoms with Gasteiger partial charge in [0.1, 0.15) is 17.2 Å². The molecule has 9 heteroatoms. The highest BCUT2D eigenvalue weighted by atomic mass is 32.2. The zero-order valence-corrected chi connectivity index (χ0v) is 15.0. The van der Waals surface area contributed by atoms with Crippen molar-refractivity contribution in [3.05, 3.63) is 41.5 Å². The van der Waals surface area contributed by atoms with Gasteiger partial charge in [-0.1, -0.05) is 23.8 Å². The molecule has 0 spiro atoms. The molecule has 0 radical (unpaired) electrons. The summed E-state index contributed by atoms with van der Waals surface area (Å²) < 4.78 is 63.4. The number of aromatic hydroxyl groups is 2. The number of phenolic OH excluding ortho intramolecular Hbond substituents is 2. The van der Waals surface area contributed by atoms with Crippen LogP contribution in [0.3, 0.4) is 0 Å². The van der Waals surface area contributed by atoms with Crippen molar-refractivity contribution in [1.29, 1.82) is 0 Å². The van der Waals surface area contributed by atoms with Crippen LogP contribution in [0.25, 0.3) is 0 Å². The lowest BCUT2D eigenvalue weighted by Crippen LogP contribution is -2.28. The maximum absolute atomic E-state index is 12.4. The van der Waals surface area contributed by atoms with Crippen LogP contribution in [-0.4, -0.2) is 24.1 Å². The van der Waals surface area contributed by atoms with Gasteiger partial charge in [0, 0.05) is 23.6 Å². The van der Waals surface area contributed by atoms with Crippen molar-refractivity contribution in [1.82, 2.24) is 0 Å². The second kappa shape index (κ2) is 6.86. The van der Waals surface area contributed by atoms with E-state index < -0.39 is 38.8 Å². The summed E-state index contributed by atoms with van der Waals surface area (Å²) in [6.07, 6.45) is 3.41. The van der Waals surface area contributed by atoms with Gasteiger partial charge < -0.3 is 14.4 Å². The molecule has 2 N–H and O–H groups in total. The van der Waals surface area contributed by atoms with E-state index in [1.54, 1.807) is 0 Å². The highest BCUT2D eigenvalue weighted by Gasteiger charge is 2.48. The van der Waals surface area contributed by atoms with E-state index in [0.717, 1.165) is 36.1 Å². The van der Waals surface area contributed by atoms with E-state index in [0.29, 0.717) is 0 Å². The zero-order chi connectivity index (χ0) is 19.9. The van der Waals surface area contributed by atoms with Gasteiger partial charge in [0.2, 0.25) is 0 Å². The average molecular weight is 392 g/mol. The van der Waals surface area contributed by atoms with Crippen LogP contribution >= 0.6 is 0 Å². The Morgan fingerprint density at radius 3 is 2.27 bits per heavy atom. The van der Waals surface area contributed by atoms with Crippen LogP contribution in [0.4, 0.5) is 13.2 Å². The van der Waals surface area contributed by atoms with Gasteiger partial charge in [-0.25, -0.2) is 0 Å². The standard InChI is InChI=1S/C17H19F3O5S/c1-9(2)12-5-4-10(3)6-13(12)16-14(21)7-11(8-15(16)22)25-26(23,24)17(18,19)20/h6-8,12-13,21-22H,1,4-5H2,2-3H3. The molecule has 0 saturated carbocycles. The molecule has 0 amide bonds. The molecule has 0 aliphatic heterocycles. The second-order valence-corrected chi connectivity index (χ2v) is 7.93. The Bertz CT molecular complexity index is 833. The first-order chi connectivity index (χ1) is 11.8. The second-order valence-electron chi connectivity index (χ2n) is 6.39. The molecule has 0 fully saturated rings. The molecule has 1 aromatic carbocycles. The number of benzene rings is 1. The summed E-state index contributed by atoms with van der Waals surface area (Å²) in [6.45, 7) is 7.62. The van der Waals surface area contributed by atoms with E-state index >= 15 is 0 Å². The van der Waals surface area contributed by atoms with Crippen LogP contribution < -0.4 is 4.18 Å². The van der Waals surface area contributed by atoms with Crippen molar-refractivity contribution in [3.63, 3.8) is 0 Å². The normalized spacial score (nSPS) is 21.2. The van der Waals surface area contributed by atoms with Crippen molar-refractivity contribution in [2.45, 2.75) is 38.1 Å². The minimum absolute atomic E-state index is 0.0822. The van der Waals surface area contributed by atoms with E-state index in [2.05, 4.69) is 10.8 Å². The Balaban J connectivity index is 2.47. The quantitative estimate of drug-likeness (QED) is 0.452. The molecule has 1 aromatic rings. The first-order valence-electron chi connectivity index (χ1n) is 7.73. The third kappa shape index (κ3) is 3.98. The van der Waals surface area contributed by atoms with E-state index in [4.69, 9.17) is 0 Å². The Morgan fingerprint density at radius 2 is 1.81 bits per heavy atom. The highest BCUT2D eigenvalue weighted by molar-refractivity contribution is 7.88. The predicted molar refractivity (Wildman–Crippen MR) is 89.4 cm³/mol. The number of phenols is 2. The van der Waals surface area contributed by atoms with E-state index in [-0.39, 0.29) is 11.5 Å². The average Bonchev–Trinajstić information content (AvgIpc) is 2.44. The third-order valence-electron chi connectivity index (χ3n) is 4.31. The molecule has 0 aromatic heterocycles. The molecule has 1 aliphatic carbocycles. The smallest absolute Gasteiger partial charge is 0.507 e. The minimum Gasteiger partial charge on any atom is -0.507 e. The van der Waals surface area contributed by atoms with Gasteiger partial charge in [-0.05, 0) is 32.6 Å². The summed E-state index contributed by atoms with van der Waals surface area (Å²) in [7, 11) is -5.90. The summed E-state index contributed by atoms with van der Waals surface area (Å²) in [4.78, 5) is 0. The van der Waals surface area contributed by atoms with Crippen LogP contribution in [-0.2, 0) is 10.1 Å². The molecule has 2 unspecified atom stereocenters. The SMILES string of the molecule is C=C(C)C1CCC(C)=CC1c1c(O)cc(OS(=O)(=O)C(F)(F)F)cc1O. The van der Waals surface area contributed by atoms with Gasteiger partial charge in [0.05, 0.1) is 0 Å². The molecule has 5 nitrogen and oxygen atoms in total. The van der Waals surface area contributed by atoms with E-state index in [1.807, 2.05) is 19.9 Å². The van der Waals surface area contributed by atoms with Crippen molar-refractivity contribution >= 4 is 10.1 Å². The maximum atomic E-state index is 12.4. The van der Waals surface area contributed by atoms with Gasteiger partial charge in [-0.3, -0.25) is 0 Å². The number of hydrogen-bond donors (Lipinski definition) is 2. The molecular weight excluding hydrogens is 373 g/mol. The molecule has 144 valence electrons. The van der Waals surface area contributed by atoms with Crippen LogP contribution in [0.5, 0.6) is 17.2 Å². The summed E-state index contributed by atoms with van der Waals surface area (Å²) >= 11 is 0. The number of hydrogen-bond acceptors (Lipinski definition) is 5. The Hall–Kier alpha value is -2.16. The van der Waals surface area contributed by atoms with E-state index in [1.165, 1.54) is 0 Å². The largest absolute Gasteiger partial charge is 0.534 e. The van der Waals surface area contributed by atoms with Gasteiger partial charge in [-0.2, -0.15) is 21.6 Å². The predicted octanol–water partition coefficient (Wildman–Crippen LogP) is 4.34. The lowest BCUT2D eigenvalue weighted by Gasteiger charge is -2.31. The van der Waals surface area contributed by atoms with Crippen LogP contribution in [0, 0.1) is 5.92 Å². The van der Waals surface area contributed by atoms with Crippen molar-refractivity contribution in [3.8, 4) is 17.2 Å². The first-order valence-corrected chi connectivity index (χ1v) is 9.13. The maximum Gasteiger partial charge on any atom is 0.534 e. The first kappa shape index (κ1) is 20.2. The van der Waals surface area contributed by atoms with Crippen LogP contribution in [0.15, 0.2) is 35.9 Å². The van der Waals surface area contributed by atoms with Gasteiger partial charge in [0.15, 0.2) is 0 Å². The topological polar surface area (TPSA) is 83.8 Å². The fourth-order valence-electron chi connectivity index (χ4n) is 3.07. The Kier molecular flexibility index (Phi) is 5.32. The molecule has 2 atom stereocenters. The lowest BCUT2D eigenvalue weighted by atomic mass is 9.74. The van der Waals surface area contributed by atoms with Gasteiger partial charge >= 0.3 is 15.6 Å². The lowest BCUT2D eigenvalue weighted by molar-refractivity contribution is -0.0500. The number of alkyl halides is 3. The van der Waals surface area contributed by atoms with Crippen molar-refractivity contribution in [2.75, 3.05) is 0 Å². The van der Waals surface area contributed by atoms with Crippen molar-refractivity contribution in [2.24, 2.45) is 5.92 Å². The highest BCUT2D eigenvalue weighted by Crippen LogP contribution is 2.47. The minimum atomic E-state index is -5.90. The molecule has 2 rings (SSSR count). The fourth-order valence-corrected chi connectivity index (χ4v) is 3.51. The summed E-state index contributed by atoms with van der Waals surface area (Å²) in [6, 6.07) is 1.48. The number of halogens is 3. The van der Waals surface area contributed by atoms with Gasteiger partial charge in [-0.15, -0.1) is 0 Å². The third-order valence-corrected chi connectivity index (χ3v) is 5.29. The van der Waals surface area contributed by atoms with E-state index in [9.17, 15) is 31.8 Å². The summed E-state index contributed by atoms with van der Waals surface area (Å²) in [5, 5.41) is 20.5. The Morgan fingerprint density at radius 1 is 1.27 bits per heavy atom. The van der Waals surface area contributed by atoms with Crippen molar-refractivity contribution < 1.29 is 36.0 Å².